The third kappa shape index (κ3) is 3.71. The van der Waals surface area contributed by atoms with Crippen molar-refractivity contribution in [1.82, 2.24) is 0 Å². The van der Waals surface area contributed by atoms with E-state index in [0.29, 0.717) is 28.8 Å². The number of methoxy groups -OCH3 is 1. The molecule has 0 radical (unpaired) electrons. The SMILES string of the molecule is CCOc1ccc(S(=O)(=O)N(C)c2ccc(OC)c(Cl)c2)cc1. The minimum Gasteiger partial charge on any atom is -0.495 e. The molecule has 0 atom stereocenters. The first kappa shape index (κ1) is 17.4. The normalized spacial score (nSPS) is 11.1. The molecule has 124 valence electrons. The number of hydrogen-bond acceptors (Lipinski definition) is 4. The predicted octanol–water partition coefficient (Wildman–Crippen LogP) is 3.57. The lowest BCUT2D eigenvalue weighted by atomic mass is 10.3. The van der Waals surface area contributed by atoms with Crippen LogP contribution in [0.2, 0.25) is 5.02 Å². The number of ether oxygens (including phenoxy) is 2. The Morgan fingerprint density at radius 1 is 1.13 bits per heavy atom. The zero-order valence-corrected chi connectivity index (χ0v) is 14.7. The van der Waals surface area contributed by atoms with Gasteiger partial charge in [0, 0.05) is 7.05 Å². The summed E-state index contributed by atoms with van der Waals surface area (Å²) in [5, 5.41) is 0.346. The summed E-state index contributed by atoms with van der Waals surface area (Å²) in [6.45, 7) is 2.39. The average molecular weight is 356 g/mol. The topological polar surface area (TPSA) is 55.8 Å². The molecule has 0 N–H and O–H groups in total. The van der Waals surface area contributed by atoms with Gasteiger partial charge in [-0.3, -0.25) is 4.31 Å². The Morgan fingerprint density at radius 3 is 2.30 bits per heavy atom. The molecule has 0 fully saturated rings. The fraction of sp³-hybridized carbons (Fsp3) is 0.250. The molecule has 0 aliphatic carbocycles. The molecule has 2 aromatic carbocycles. The zero-order valence-electron chi connectivity index (χ0n) is 13.1. The van der Waals surface area contributed by atoms with Gasteiger partial charge in [0.25, 0.3) is 10.0 Å². The van der Waals surface area contributed by atoms with E-state index in [1.807, 2.05) is 6.92 Å². The van der Waals surface area contributed by atoms with Gasteiger partial charge in [0.15, 0.2) is 0 Å². The Morgan fingerprint density at radius 2 is 1.78 bits per heavy atom. The zero-order chi connectivity index (χ0) is 17.0. The van der Waals surface area contributed by atoms with E-state index in [-0.39, 0.29) is 4.90 Å². The van der Waals surface area contributed by atoms with Crippen LogP contribution in [0.15, 0.2) is 47.4 Å². The highest BCUT2D eigenvalue weighted by molar-refractivity contribution is 7.92. The summed E-state index contributed by atoms with van der Waals surface area (Å²) >= 11 is 6.06. The summed E-state index contributed by atoms with van der Waals surface area (Å²) in [4.78, 5) is 0.176. The minimum absolute atomic E-state index is 0.176. The van der Waals surface area contributed by atoms with Gasteiger partial charge in [0.05, 0.1) is 29.3 Å². The molecule has 0 amide bonds. The van der Waals surface area contributed by atoms with E-state index in [9.17, 15) is 8.42 Å². The summed E-state index contributed by atoms with van der Waals surface area (Å²) in [6.07, 6.45) is 0. The fourth-order valence-electron chi connectivity index (χ4n) is 2.02. The molecular weight excluding hydrogens is 338 g/mol. The molecule has 0 aromatic heterocycles. The Labute approximate surface area is 141 Å². The molecule has 0 saturated carbocycles. The van der Waals surface area contributed by atoms with Gasteiger partial charge in [-0.25, -0.2) is 8.42 Å². The second kappa shape index (κ2) is 7.10. The molecule has 0 heterocycles. The molecule has 0 saturated heterocycles. The maximum atomic E-state index is 12.7. The van der Waals surface area contributed by atoms with Gasteiger partial charge in [-0.15, -0.1) is 0 Å². The van der Waals surface area contributed by atoms with E-state index in [4.69, 9.17) is 21.1 Å². The molecule has 0 aliphatic heterocycles. The number of sulfonamides is 1. The number of benzene rings is 2. The smallest absolute Gasteiger partial charge is 0.264 e. The summed E-state index contributed by atoms with van der Waals surface area (Å²) < 4.78 is 36.9. The van der Waals surface area contributed by atoms with Crippen molar-refractivity contribution in [3.05, 3.63) is 47.5 Å². The summed E-state index contributed by atoms with van der Waals surface area (Å²) in [5.41, 5.74) is 0.449. The predicted molar refractivity (Wildman–Crippen MR) is 91.2 cm³/mol. The van der Waals surface area contributed by atoms with Crippen LogP contribution in [0.25, 0.3) is 0 Å². The lowest BCUT2D eigenvalue weighted by Gasteiger charge is -2.20. The Hall–Kier alpha value is -1.92. The highest BCUT2D eigenvalue weighted by Gasteiger charge is 2.22. The summed E-state index contributed by atoms with van der Waals surface area (Å²) in [7, 11) is -0.704. The monoisotopic (exact) mass is 355 g/mol. The van der Waals surface area contributed by atoms with E-state index in [0.717, 1.165) is 0 Å². The van der Waals surface area contributed by atoms with Gasteiger partial charge < -0.3 is 9.47 Å². The molecule has 0 aliphatic rings. The highest BCUT2D eigenvalue weighted by Crippen LogP contribution is 2.31. The maximum absolute atomic E-state index is 12.7. The van der Waals surface area contributed by atoms with E-state index in [1.165, 1.54) is 30.6 Å². The van der Waals surface area contributed by atoms with Crippen LogP contribution in [0.1, 0.15) is 6.92 Å². The van der Waals surface area contributed by atoms with Crippen LogP contribution in [0, 0.1) is 0 Å². The van der Waals surface area contributed by atoms with Crippen LogP contribution in [0.4, 0.5) is 5.69 Å². The molecule has 23 heavy (non-hydrogen) atoms. The second-order valence-electron chi connectivity index (χ2n) is 4.70. The molecule has 2 aromatic rings. The van der Waals surface area contributed by atoms with Gasteiger partial charge in [0.2, 0.25) is 0 Å². The van der Waals surface area contributed by atoms with Crippen molar-refractivity contribution in [1.29, 1.82) is 0 Å². The molecule has 0 unspecified atom stereocenters. The van der Waals surface area contributed by atoms with Gasteiger partial charge in [-0.2, -0.15) is 0 Å². The quantitative estimate of drug-likeness (QED) is 0.794. The molecule has 0 bridgehead atoms. The Kier molecular flexibility index (Phi) is 5.38. The first-order valence-electron chi connectivity index (χ1n) is 6.95. The first-order chi connectivity index (χ1) is 10.9. The number of anilines is 1. The lowest BCUT2D eigenvalue weighted by Crippen LogP contribution is -2.26. The third-order valence-electron chi connectivity index (χ3n) is 3.29. The van der Waals surface area contributed by atoms with Crippen molar-refractivity contribution in [3.63, 3.8) is 0 Å². The number of nitrogens with zero attached hydrogens (tertiary/aromatic N) is 1. The highest BCUT2D eigenvalue weighted by atomic mass is 35.5. The van der Waals surface area contributed by atoms with Crippen LogP contribution in [-0.4, -0.2) is 29.2 Å². The standard InChI is InChI=1S/C16H18ClNO4S/c1-4-22-13-6-8-14(9-7-13)23(19,20)18(2)12-5-10-16(21-3)15(17)11-12/h5-11H,4H2,1-3H3. The molecular formula is C16H18ClNO4S. The van der Waals surface area contributed by atoms with Crippen molar-refractivity contribution >= 4 is 27.3 Å². The van der Waals surface area contributed by atoms with E-state index >= 15 is 0 Å². The van der Waals surface area contributed by atoms with E-state index in [1.54, 1.807) is 30.3 Å². The van der Waals surface area contributed by atoms with Crippen LogP contribution in [-0.2, 0) is 10.0 Å². The molecule has 7 heteroatoms. The van der Waals surface area contributed by atoms with Crippen LogP contribution >= 0.6 is 11.6 Å². The van der Waals surface area contributed by atoms with Crippen molar-refractivity contribution in [2.45, 2.75) is 11.8 Å². The fourth-order valence-corrected chi connectivity index (χ4v) is 3.46. The van der Waals surface area contributed by atoms with Gasteiger partial charge in [-0.05, 0) is 49.4 Å². The first-order valence-corrected chi connectivity index (χ1v) is 8.77. The minimum atomic E-state index is -3.68. The van der Waals surface area contributed by atoms with Gasteiger partial charge in [0.1, 0.15) is 11.5 Å². The summed E-state index contributed by atoms with van der Waals surface area (Å²) in [6, 6.07) is 11.1. The van der Waals surface area contributed by atoms with Crippen molar-refractivity contribution < 1.29 is 17.9 Å². The Bertz CT molecular complexity index is 775. The Balaban J connectivity index is 2.32. The van der Waals surface area contributed by atoms with Crippen molar-refractivity contribution in [3.8, 4) is 11.5 Å². The summed E-state index contributed by atoms with van der Waals surface area (Å²) in [5.74, 6) is 1.11. The maximum Gasteiger partial charge on any atom is 0.264 e. The second-order valence-corrected chi connectivity index (χ2v) is 7.07. The van der Waals surface area contributed by atoms with Crippen molar-refractivity contribution in [2.75, 3.05) is 25.1 Å². The van der Waals surface area contributed by atoms with Gasteiger partial charge in [-0.1, -0.05) is 11.6 Å². The molecule has 0 spiro atoms. The molecule has 2 rings (SSSR count). The molecule has 5 nitrogen and oxygen atoms in total. The average Bonchev–Trinajstić information content (AvgIpc) is 2.55. The van der Waals surface area contributed by atoms with E-state index < -0.39 is 10.0 Å². The number of hydrogen-bond donors (Lipinski definition) is 0. The third-order valence-corrected chi connectivity index (χ3v) is 5.39. The lowest BCUT2D eigenvalue weighted by molar-refractivity contribution is 0.340. The number of halogens is 1. The van der Waals surface area contributed by atoms with Crippen LogP contribution < -0.4 is 13.8 Å². The number of rotatable bonds is 6. The van der Waals surface area contributed by atoms with Crippen LogP contribution in [0.3, 0.4) is 0 Å². The van der Waals surface area contributed by atoms with Crippen LogP contribution in [0.5, 0.6) is 11.5 Å². The largest absolute Gasteiger partial charge is 0.495 e. The van der Waals surface area contributed by atoms with E-state index in [2.05, 4.69) is 0 Å². The van der Waals surface area contributed by atoms with Crippen molar-refractivity contribution in [2.24, 2.45) is 0 Å². The van der Waals surface area contributed by atoms with Gasteiger partial charge >= 0.3 is 0 Å².